The van der Waals surface area contributed by atoms with Crippen molar-refractivity contribution < 1.29 is 168 Å². The number of carbonyl (C=O) groups is 18. The summed E-state index contributed by atoms with van der Waals surface area (Å²) in [5, 5.41) is 10.2. The number of hydrogen-bond acceptors (Lipinski definition) is 42. The van der Waals surface area contributed by atoms with Crippen LogP contribution in [0.5, 0.6) is 0 Å². The molecule has 53 nitrogen and oxygen atoms in total. The van der Waals surface area contributed by atoms with E-state index in [9.17, 15) is 163 Å². The Hall–Kier alpha value is -10.4. The van der Waals surface area contributed by atoms with Crippen molar-refractivity contribution in [1.82, 2.24) is 68.1 Å². The standard InChI is InChI=1S/C5H9NO2S.C5H6O2.2C4H8N2O2S.C4H5NO2.C4H3NO2.C4H6O3S.C4H4O3.C4H4O2S.C4H6O2S.C4H4O2S.2C3H5NO3S.C3H3NO3S.C3H5NO2.C3H3NO2.C3H5NOS.C3H3NOS/c1-5-3-2-4-9(7,8)6-5;6-4-1-2-5(7)3-4;2*1-4-2-3-5-9(7,8)6-4;2*6-3-1-2-4(7)5-3;5-4-1-2-8(6,7)3-4;2*5-3-1-4(6)7-2-3;2*5-4-1-2-7(6)3-4;2*5-3-1-4-8(6,7)2-3;5-3-1-2-8(6,7)4-3;4*5-3-1-2-6-4-3/h6H,1-4H2;1-3H2;2*5-6H,1-3H2;1-2H2,(H,5,6,7);1-2H,(H,5,6,7);1-3H2;2*1-2H2;1-3H2;1-2H,3H2;2*4H,1-2H2;1-2H,(H,4,5);1-2H2,(H,4,5);1-2H,(H,4,5);1-2H2,(H,4,5);1-2H,(H,4,5). The monoisotopic (exact) mass is 2100 g/mol. The van der Waals surface area contributed by atoms with Crippen LogP contribution >= 0.6 is 35.2 Å². The van der Waals surface area contributed by atoms with Crippen molar-refractivity contribution in [2.75, 3.05) is 96.9 Å². The first kappa shape index (κ1) is 120. The maximum Gasteiger partial charge on any atom is 0.313 e. The number of carbonyl (C=O) groups excluding carboxylic acids is 18. The largest absolute Gasteiger partial charge is 0.457 e. The molecule has 0 radical (unpaired) electrons. The molecule has 1 aliphatic carbocycles. The lowest BCUT2D eigenvalue weighted by molar-refractivity contribution is -0.138. The van der Waals surface area contributed by atoms with Crippen LogP contribution in [0.25, 0.3) is 0 Å². The lowest BCUT2D eigenvalue weighted by atomic mass is 10.3. The molecule has 7 amide bonds. The third-order valence-electron chi connectivity index (χ3n) is 14.4. The molecule has 0 spiro atoms. The molecule has 65 heteroatoms. The van der Waals surface area contributed by atoms with Crippen LogP contribution in [0.3, 0.4) is 0 Å². The highest BCUT2D eigenvalue weighted by Crippen LogP contribution is 2.15. The number of thioether (sulfide) groups is 1. The Balaban J connectivity index is 0.000000700. The van der Waals surface area contributed by atoms with E-state index in [1.165, 1.54) is 65.5 Å². The average Bonchev–Trinajstić information content (AvgIpc) is 1.68. The van der Waals surface area contributed by atoms with Crippen molar-refractivity contribution in [3.63, 3.8) is 0 Å². The van der Waals surface area contributed by atoms with Gasteiger partial charge in [0.05, 0.1) is 83.9 Å². The molecule has 1 saturated carbocycles. The van der Waals surface area contributed by atoms with Crippen LogP contribution in [0.1, 0.15) is 96.3 Å². The molecule has 13 fully saturated rings. The molecule has 17 heterocycles. The highest BCUT2D eigenvalue weighted by Gasteiger charge is 2.28. The highest BCUT2D eigenvalue weighted by molar-refractivity contribution is 8.15. The van der Waals surface area contributed by atoms with Crippen molar-refractivity contribution in [3.8, 4) is 0 Å². The molecule has 15 aliphatic heterocycles. The number of aromatic nitrogens is 2. The van der Waals surface area contributed by atoms with E-state index in [0.717, 1.165) is 35.4 Å². The molecule has 18 rings (SSSR count). The maximum absolute atomic E-state index is 10.7. The number of H-pyrrole nitrogens is 2. The molecule has 2 aromatic heterocycles. The fourth-order valence-corrected chi connectivity index (χ4v) is 19.2. The second-order valence-electron chi connectivity index (χ2n) is 26.3. The third kappa shape index (κ3) is 65.2. The minimum absolute atomic E-state index is 0.0139. The number of hydroxylamine groups is 1. The van der Waals surface area contributed by atoms with Gasteiger partial charge >= 0.3 is 5.97 Å². The second kappa shape index (κ2) is 61.4. The number of rotatable bonds is 0. The lowest BCUT2D eigenvalue weighted by Gasteiger charge is -2.16. The molecule has 2 atom stereocenters. The smallest absolute Gasteiger partial charge is 0.313 e. The van der Waals surface area contributed by atoms with Gasteiger partial charge in [0.2, 0.25) is 53.7 Å². The van der Waals surface area contributed by atoms with E-state index < -0.39 is 104 Å². The van der Waals surface area contributed by atoms with Crippen molar-refractivity contribution in [1.29, 1.82) is 0 Å². The van der Waals surface area contributed by atoms with Crippen LogP contribution in [0.2, 0.25) is 0 Å². The van der Waals surface area contributed by atoms with Crippen molar-refractivity contribution >= 4 is 232 Å². The molecule has 12 saturated heterocycles. The van der Waals surface area contributed by atoms with Gasteiger partial charge in [-0.25, -0.2) is 61.7 Å². The van der Waals surface area contributed by atoms with Crippen LogP contribution in [-0.4, -0.2) is 278 Å². The first-order valence-electron chi connectivity index (χ1n) is 37.1. The van der Waals surface area contributed by atoms with E-state index >= 15 is 0 Å². The molecule has 132 heavy (non-hydrogen) atoms. The summed E-state index contributed by atoms with van der Waals surface area (Å²) in [7, 11) is -23.9. The number of cyclic esters (lactones) is 1. The number of sulfone groups is 1. The van der Waals surface area contributed by atoms with Gasteiger partial charge in [0.1, 0.15) is 53.1 Å². The van der Waals surface area contributed by atoms with Gasteiger partial charge in [0.25, 0.3) is 59.3 Å². The number of ketones is 9. The number of amides is 7. The molecule has 0 bridgehead atoms. The Kier molecular flexibility index (Phi) is 55.6. The minimum Gasteiger partial charge on any atom is -0.457 e. The summed E-state index contributed by atoms with van der Waals surface area (Å²) in [6.45, 7) is 11.8. The Morgan fingerprint density at radius 2 is 1.02 bits per heavy atom. The van der Waals surface area contributed by atoms with Crippen LogP contribution in [0.15, 0.2) is 110 Å². The SMILES string of the molecule is C=C1CCCS(=O)(=O)N1.C=C1CCNS(=O)(=O)N1.C=C1CCNS(=O)(=O)N1.O=C1C=CC(=O)N1.O=C1C=CS(=O)(=O)N1.O=C1C=CS(=O)C1.O=C1CCC(=O)C1.O=C1CCC(=O)N1.O=C1CCON1.O=C1CCS(=O)(=O)C1.O=C1CCS(=O)C1.O=C1CCSN1.O=C1CNS(=O)(=O)C1.O=C1CNS(=O)(=O)C1.O=C1COC(=O)C1.O=C1CSC(=O)C1.O=c1cco[nH]1.O=c1ccs[nH]1. The van der Waals surface area contributed by atoms with E-state index in [-0.39, 0.29) is 184 Å². The predicted molar refractivity (Wildman–Crippen MR) is 470 cm³/mol. The number of hydrogen-bond donors (Lipinski definition) is 14. The van der Waals surface area contributed by atoms with Crippen molar-refractivity contribution in [3.05, 3.63) is 116 Å². The minimum atomic E-state index is -3.38. The lowest BCUT2D eigenvalue weighted by Crippen LogP contribution is -2.41. The zero-order chi connectivity index (χ0) is 100. The van der Waals surface area contributed by atoms with Gasteiger partial charge in [0.15, 0.2) is 50.5 Å². The van der Waals surface area contributed by atoms with E-state index in [1.807, 2.05) is 5.32 Å². The summed E-state index contributed by atoms with van der Waals surface area (Å²) >= 11 is 3.90. The first-order chi connectivity index (χ1) is 61.3. The Labute approximate surface area is 771 Å². The average molecular weight is 2100 g/mol. The van der Waals surface area contributed by atoms with E-state index in [4.69, 9.17) is 0 Å². The summed E-state index contributed by atoms with van der Waals surface area (Å²) in [6, 6.07) is 2.80. The van der Waals surface area contributed by atoms with Gasteiger partial charge in [-0.3, -0.25) is 138 Å². The zero-order valence-electron chi connectivity index (χ0n) is 69.1. The number of allylic oxidation sites excluding steroid dienone is 2. The van der Waals surface area contributed by atoms with E-state index in [1.54, 1.807) is 10.1 Å². The van der Waals surface area contributed by atoms with E-state index in [2.05, 4.69) is 91.9 Å². The van der Waals surface area contributed by atoms with Gasteiger partial charge in [-0.05, 0) is 30.9 Å². The normalized spacial score (nSPS) is 22.5. The van der Waals surface area contributed by atoms with E-state index in [0.29, 0.717) is 118 Å². The predicted octanol–water partition coefficient (Wildman–Crippen LogP) is -7.63. The number of ether oxygens (including phenoxy) is 1. The van der Waals surface area contributed by atoms with Gasteiger partial charge in [-0.1, -0.05) is 43.0 Å². The molecule has 736 valence electrons. The number of esters is 1. The number of aromatic amines is 2. The van der Waals surface area contributed by atoms with Crippen LogP contribution in [0.4, 0.5) is 0 Å². The first-order valence-corrected chi connectivity index (χ1v) is 54.1. The Morgan fingerprint density at radius 1 is 0.455 bits per heavy atom. The summed E-state index contributed by atoms with van der Waals surface area (Å²) in [5.74, 6) is -0.344. The summed E-state index contributed by atoms with van der Waals surface area (Å²) < 4.78 is 198. The number of imide groups is 2. The maximum atomic E-state index is 10.7. The second-order valence-corrected chi connectivity index (χ2v) is 44.1. The topological polar surface area (TPSA) is 822 Å². The summed E-state index contributed by atoms with van der Waals surface area (Å²) in [5.41, 5.74) is 3.68. The van der Waals surface area contributed by atoms with Gasteiger partial charge in [-0.2, -0.15) is 31.4 Å². The fraction of sp³-hybridized carbons (Fsp3) is 0.463. The molecule has 14 N–H and O–H groups in total. The molecule has 16 aliphatic rings. The molecule has 0 aromatic carbocycles. The highest BCUT2D eigenvalue weighted by atomic mass is 32.2. The fourth-order valence-electron chi connectivity index (χ4n) is 8.48. The molecule has 2 aromatic rings. The summed E-state index contributed by atoms with van der Waals surface area (Å²) in [6.07, 6.45) is 12.8. The third-order valence-corrected chi connectivity index (χ3v) is 27.8. The zero-order valence-corrected chi connectivity index (χ0v) is 78.9. The van der Waals surface area contributed by atoms with Gasteiger partial charge < -0.3 is 14.0 Å². The number of sulfonamides is 4. The molecular weight excluding hydrogens is 2010 g/mol. The molecule has 2 unspecified atom stereocenters. The van der Waals surface area contributed by atoms with Gasteiger partial charge in [0, 0.05) is 151 Å². The van der Waals surface area contributed by atoms with Crippen molar-refractivity contribution in [2.45, 2.75) is 96.3 Å². The molecular formula is C67H92N14O39S12. The number of Topliss-reactive ketones (excluding diaryl/α,β-unsaturated/α-hetero) is 8. The number of nitrogens with one attached hydrogen (secondary N) is 14. The van der Waals surface area contributed by atoms with Gasteiger partial charge in [-0.15, -0.1) is 0 Å². The quantitative estimate of drug-likeness (QED) is 0.0504. The van der Waals surface area contributed by atoms with Crippen LogP contribution in [-0.2, 0) is 188 Å². The van der Waals surface area contributed by atoms with Crippen LogP contribution in [0, 0.1) is 0 Å². The Morgan fingerprint density at radius 3 is 1.17 bits per heavy atom. The van der Waals surface area contributed by atoms with Crippen LogP contribution < -0.4 is 69.7 Å². The Bertz CT molecular complexity index is 5060. The van der Waals surface area contributed by atoms with Crippen molar-refractivity contribution in [2.24, 2.45) is 0 Å². The summed E-state index contributed by atoms with van der Waals surface area (Å²) in [4.78, 5) is 207.